The molecule has 5 heteroatoms. The lowest BCUT2D eigenvalue weighted by Crippen LogP contribution is -2.44. The van der Waals surface area contributed by atoms with Crippen molar-refractivity contribution in [1.29, 1.82) is 0 Å². The highest BCUT2D eigenvalue weighted by atomic mass is 32.1. The van der Waals surface area contributed by atoms with Gasteiger partial charge in [-0.25, -0.2) is 0 Å². The van der Waals surface area contributed by atoms with Crippen LogP contribution in [0.3, 0.4) is 0 Å². The summed E-state index contributed by atoms with van der Waals surface area (Å²) < 4.78 is 0. The Balaban J connectivity index is 1.31. The summed E-state index contributed by atoms with van der Waals surface area (Å²) in [4.78, 5) is 29.5. The van der Waals surface area contributed by atoms with Crippen molar-refractivity contribution in [3.8, 4) is 0 Å². The van der Waals surface area contributed by atoms with E-state index in [4.69, 9.17) is 0 Å². The molecule has 0 saturated carbocycles. The third-order valence-corrected chi connectivity index (χ3v) is 7.21. The standard InChI is InChI=1S/C23H28N2O2S/c1-18-4-2-3-5-20(18)22(27)25-14-11-23(17-25)9-12-24(13-10-23)21(26)7-6-19-8-15-28-16-19/h3-8,15-16,20H,2,9-14,17H2,1H3. The molecule has 3 aliphatic rings. The molecule has 4 rings (SSSR count). The van der Waals surface area contributed by atoms with Gasteiger partial charge in [0.15, 0.2) is 0 Å². The lowest BCUT2D eigenvalue weighted by molar-refractivity contribution is -0.133. The molecule has 0 bridgehead atoms. The van der Waals surface area contributed by atoms with E-state index in [-0.39, 0.29) is 23.1 Å². The molecule has 0 radical (unpaired) electrons. The molecular weight excluding hydrogens is 368 g/mol. The van der Waals surface area contributed by atoms with Gasteiger partial charge in [-0.2, -0.15) is 11.3 Å². The van der Waals surface area contributed by atoms with Crippen LogP contribution in [0.2, 0.25) is 0 Å². The van der Waals surface area contributed by atoms with Crippen LogP contribution >= 0.6 is 11.3 Å². The first-order valence-electron chi connectivity index (χ1n) is 10.2. The molecule has 2 fully saturated rings. The Morgan fingerprint density at radius 1 is 1.18 bits per heavy atom. The molecule has 2 amide bonds. The second-order valence-corrected chi connectivity index (χ2v) is 9.09. The molecule has 1 atom stereocenters. The van der Waals surface area contributed by atoms with Crippen molar-refractivity contribution in [2.24, 2.45) is 11.3 Å². The van der Waals surface area contributed by atoms with E-state index in [9.17, 15) is 9.59 Å². The summed E-state index contributed by atoms with van der Waals surface area (Å²) >= 11 is 1.64. The summed E-state index contributed by atoms with van der Waals surface area (Å²) in [5, 5.41) is 4.06. The molecule has 1 unspecified atom stereocenters. The maximum atomic E-state index is 13.0. The maximum absolute atomic E-state index is 13.0. The average Bonchev–Trinajstić information content (AvgIpc) is 3.37. The van der Waals surface area contributed by atoms with Gasteiger partial charge in [-0.15, -0.1) is 0 Å². The lowest BCUT2D eigenvalue weighted by atomic mass is 9.77. The number of carbonyl (C=O) groups excluding carboxylic acids is 2. The maximum Gasteiger partial charge on any atom is 0.246 e. The molecule has 4 nitrogen and oxygen atoms in total. The Kier molecular flexibility index (Phi) is 5.54. The van der Waals surface area contributed by atoms with Gasteiger partial charge in [-0.05, 0) is 66.5 Å². The topological polar surface area (TPSA) is 40.6 Å². The molecule has 0 N–H and O–H groups in total. The molecule has 1 aromatic heterocycles. The minimum atomic E-state index is -0.0761. The van der Waals surface area contributed by atoms with E-state index in [0.29, 0.717) is 0 Å². The van der Waals surface area contributed by atoms with Gasteiger partial charge < -0.3 is 9.80 Å². The molecular formula is C23H28N2O2S. The van der Waals surface area contributed by atoms with Crippen LogP contribution in [0.25, 0.3) is 6.08 Å². The Morgan fingerprint density at radius 2 is 1.93 bits per heavy atom. The molecule has 0 aromatic carbocycles. The summed E-state index contributed by atoms with van der Waals surface area (Å²) in [5.74, 6) is 0.270. The van der Waals surface area contributed by atoms with E-state index in [1.165, 1.54) is 5.57 Å². The number of piperidine rings is 1. The van der Waals surface area contributed by atoms with Crippen LogP contribution in [0.5, 0.6) is 0 Å². The Morgan fingerprint density at radius 3 is 2.61 bits per heavy atom. The number of amides is 2. The van der Waals surface area contributed by atoms with Crippen LogP contribution in [0.1, 0.15) is 38.2 Å². The average molecular weight is 397 g/mol. The van der Waals surface area contributed by atoms with Crippen molar-refractivity contribution in [2.75, 3.05) is 26.2 Å². The zero-order valence-corrected chi connectivity index (χ0v) is 17.3. The fourth-order valence-corrected chi connectivity index (χ4v) is 5.23. The van der Waals surface area contributed by atoms with Crippen molar-refractivity contribution < 1.29 is 9.59 Å². The Hall–Kier alpha value is -2.14. The predicted octanol–water partition coefficient (Wildman–Crippen LogP) is 4.12. The predicted molar refractivity (Wildman–Crippen MR) is 114 cm³/mol. The quantitative estimate of drug-likeness (QED) is 0.569. The Bertz CT molecular complexity index is 814. The number of carbonyl (C=O) groups is 2. The monoisotopic (exact) mass is 396 g/mol. The van der Waals surface area contributed by atoms with Crippen molar-refractivity contribution in [1.82, 2.24) is 9.80 Å². The van der Waals surface area contributed by atoms with Crippen LogP contribution in [0.15, 0.2) is 46.7 Å². The summed E-state index contributed by atoms with van der Waals surface area (Å²) in [6.07, 6.45) is 13.9. The van der Waals surface area contributed by atoms with E-state index < -0.39 is 0 Å². The number of rotatable bonds is 3. The van der Waals surface area contributed by atoms with Crippen LogP contribution in [-0.2, 0) is 9.59 Å². The largest absolute Gasteiger partial charge is 0.341 e. The van der Waals surface area contributed by atoms with E-state index in [2.05, 4.69) is 30.1 Å². The zero-order valence-electron chi connectivity index (χ0n) is 16.5. The second-order valence-electron chi connectivity index (χ2n) is 8.31. The first-order valence-corrected chi connectivity index (χ1v) is 11.1. The number of thiophene rings is 1. The highest BCUT2D eigenvalue weighted by Gasteiger charge is 2.43. The lowest BCUT2D eigenvalue weighted by Gasteiger charge is -2.39. The normalized spacial score (nSPS) is 24.2. The van der Waals surface area contributed by atoms with Crippen LogP contribution in [0.4, 0.5) is 0 Å². The van der Waals surface area contributed by atoms with E-state index in [1.807, 2.05) is 27.8 Å². The van der Waals surface area contributed by atoms with Gasteiger partial charge in [0, 0.05) is 32.3 Å². The summed E-state index contributed by atoms with van der Waals surface area (Å²) in [7, 11) is 0. The van der Waals surface area contributed by atoms with Gasteiger partial charge in [0.25, 0.3) is 0 Å². The Labute approximate surface area is 171 Å². The molecule has 2 saturated heterocycles. The third-order valence-electron chi connectivity index (χ3n) is 6.51. The molecule has 1 aliphatic carbocycles. The van der Waals surface area contributed by atoms with Crippen molar-refractivity contribution in [2.45, 2.75) is 32.6 Å². The number of allylic oxidation sites excluding steroid dienone is 2. The van der Waals surface area contributed by atoms with E-state index in [0.717, 1.165) is 57.4 Å². The summed E-state index contributed by atoms with van der Waals surface area (Å²) in [5.41, 5.74) is 2.45. The van der Waals surface area contributed by atoms with Gasteiger partial charge in [-0.3, -0.25) is 9.59 Å². The number of hydrogen-bond acceptors (Lipinski definition) is 3. The van der Waals surface area contributed by atoms with Crippen LogP contribution in [-0.4, -0.2) is 47.8 Å². The van der Waals surface area contributed by atoms with Gasteiger partial charge in [-0.1, -0.05) is 23.8 Å². The fourth-order valence-electron chi connectivity index (χ4n) is 4.60. The second kappa shape index (κ2) is 8.08. The van der Waals surface area contributed by atoms with Crippen molar-refractivity contribution in [3.63, 3.8) is 0 Å². The molecule has 2 aliphatic heterocycles. The SMILES string of the molecule is CC1=CCC=CC1C(=O)N1CCC2(CCN(C(=O)C=Cc3ccsc3)CC2)C1. The number of likely N-dealkylation sites (tertiary alicyclic amines) is 2. The van der Waals surface area contributed by atoms with Crippen LogP contribution in [0, 0.1) is 11.3 Å². The molecule has 1 aromatic rings. The highest BCUT2D eigenvalue weighted by molar-refractivity contribution is 7.08. The first kappa shape index (κ1) is 19.2. The third kappa shape index (κ3) is 4.00. The molecule has 148 valence electrons. The molecule has 28 heavy (non-hydrogen) atoms. The highest BCUT2D eigenvalue weighted by Crippen LogP contribution is 2.41. The first-order chi connectivity index (χ1) is 13.6. The molecule has 1 spiro atoms. The zero-order chi connectivity index (χ0) is 19.6. The molecule has 3 heterocycles. The van der Waals surface area contributed by atoms with Gasteiger partial charge in [0.2, 0.25) is 11.8 Å². The van der Waals surface area contributed by atoms with Gasteiger partial charge >= 0.3 is 0 Å². The minimum absolute atomic E-state index is 0.0761. The van der Waals surface area contributed by atoms with Crippen LogP contribution < -0.4 is 0 Å². The van der Waals surface area contributed by atoms with Gasteiger partial charge in [0.1, 0.15) is 0 Å². The summed E-state index contributed by atoms with van der Waals surface area (Å²) in [6.45, 7) is 5.33. The smallest absolute Gasteiger partial charge is 0.246 e. The minimum Gasteiger partial charge on any atom is -0.341 e. The summed E-state index contributed by atoms with van der Waals surface area (Å²) in [6, 6.07) is 2.02. The van der Waals surface area contributed by atoms with Gasteiger partial charge in [0.05, 0.1) is 5.92 Å². The number of nitrogens with zero attached hydrogens (tertiary/aromatic N) is 2. The van der Waals surface area contributed by atoms with E-state index in [1.54, 1.807) is 17.4 Å². The fraction of sp³-hybridized carbons (Fsp3) is 0.478. The van der Waals surface area contributed by atoms with Crippen molar-refractivity contribution in [3.05, 3.63) is 52.3 Å². The number of hydrogen-bond donors (Lipinski definition) is 0. The van der Waals surface area contributed by atoms with Crippen molar-refractivity contribution >= 4 is 29.2 Å². The van der Waals surface area contributed by atoms with E-state index >= 15 is 0 Å².